The van der Waals surface area contributed by atoms with Crippen molar-refractivity contribution < 1.29 is 29.0 Å². The van der Waals surface area contributed by atoms with Gasteiger partial charge in [0.05, 0.1) is 7.11 Å². The summed E-state index contributed by atoms with van der Waals surface area (Å²) in [7, 11) is 1.56. The molecule has 2 atom stereocenters. The molecule has 182 valence electrons. The summed E-state index contributed by atoms with van der Waals surface area (Å²) in [5.41, 5.74) is -0.470. The van der Waals surface area contributed by atoms with E-state index >= 15 is 0 Å². The Balaban J connectivity index is 1.96. The van der Waals surface area contributed by atoms with Gasteiger partial charge in [-0.3, -0.25) is 4.79 Å². The quantitative estimate of drug-likeness (QED) is 0.641. The van der Waals surface area contributed by atoms with E-state index in [1.54, 1.807) is 52.1 Å². The summed E-state index contributed by atoms with van der Waals surface area (Å²) >= 11 is 0. The number of methoxy groups -OCH3 is 1. The number of carbonyl (C=O) groups excluding carboxylic acids is 2. The second-order valence-corrected chi connectivity index (χ2v) is 9.55. The number of aliphatic carboxylic acids is 1. The fourth-order valence-electron chi connectivity index (χ4n) is 4.20. The van der Waals surface area contributed by atoms with Gasteiger partial charge in [0.25, 0.3) is 0 Å². The van der Waals surface area contributed by atoms with Gasteiger partial charge in [0.2, 0.25) is 5.91 Å². The van der Waals surface area contributed by atoms with Crippen LogP contribution in [0.2, 0.25) is 0 Å². The summed E-state index contributed by atoms with van der Waals surface area (Å²) in [6, 6.07) is 15.4. The second-order valence-electron chi connectivity index (χ2n) is 9.55. The van der Waals surface area contributed by atoms with Crippen LogP contribution in [0, 0.1) is 0 Å². The van der Waals surface area contributed by atoms with E-state index in [4.69, 9.17) is 9.47 Å². The largest absolute Gasteiger partial charge is 0.497 e. The summed E-state index contributed by atoms with van der Waals surface area (Å²) in [6.07, 6.45) is -0.122. The van der Waals surface area contributed by atoms with Crippen molar-refractivity contribution in [1.82, 2.24) is 10.2 Å². The number of rotatable bonds is 7. The smallest absolute Gasteiger partial charge is 0.408 e. The molecular formula is C26H32N2O6. The van der Waals surface area contributed by atoms with Gasteiger partial charge in [-0.2, -0.15) is 0 Å². The Labute approximate surface area is 199 Å². The Kier molecular flexibility index (Phi) is 7.49. The molecule has 0 unspecified atom stereocenters. The zero-order chi connectivity index (χ0) is 24.9. The number of carbonyl (C=O) groups is 3. The lowest BCUT2D eigenvalue weighted by Gasteiger charge is -2.45. The molecule has 0 saturated carbocycles. The lowest BCUT2D eigenvalue weighted by atomic mass is 9.79. The second kappa shape index (κ2) is 10.2. The number of ether oxygens (including phenoxy) is 2. The fraction of sp³-hybridized carbons (Fsp3) is 0.423. The van der Waals surface area contributed by atoms with Crippen molar-refractivity contribution in [1.29, 1.82) is 0 Å². The maximum atomic E-state index is 14.0. The highest BCUT2D eigenvalue weighted by molar-refractivity contribution is 5.94. The minimum Gasteiger partial charge on any atom is -0.497 e. The van der Waals surface area contributed by atoms with Crippen LogP contribution >= 0.6 is 0 Å². The van der Waals surface area contributed by atoms with Gasteiger partial charge < -0.3 is 24.8 Å². The van der Waals surface area contributed by atoms with Gasteiger partial charge in [0, 0.05) is 13.0 Å². The molecule has 1 aliphatic heterocycles. The number of hydrogen-bond donors (Lipinski definition) is 2. The highest BCUT2D eigenvalue weighted by atomic mass is 16.6. The zero-order valence-electron chi connectivity index (χ0n) is 20.0. The molecular weight excluding hydrogens is 436 g/mol. The van der Waals surface area contributed by atoms with Gasteiger partial charge in [-0.15, -0.1) is 0 Å². The molecule has 2 aromatic carbocycles. The van der Waals surface area contributed by atoms with Crippen molar-refractivity contribution in [2.75, 3.05) is 7.11 Å². The first-order chi connectivity index (χ1) is 16.0. The van der Waals surface area contributed by atoms with Gasteiger partial charge >= 0.3 is 12.1 Å². The molecule has 2 aromatic rings. The van der Waals surface area contributed by atoms with E-state index in [-0.39, 0.29) is 25.8 Å². The molecule has 0 bridgehead atoms. The number of nitrogens with one attached hydrogen (secondary N) is 1. The Morgan fingerprint density at radius 3 is 2.29 bits per heavy atom. The van der Waals surface area contributed by atoms with E-state index in [1.807, 2.05) is 30.3 Å². The number of carboxylic acids is 1. The average Bonchev–Trinajstić information content (AvgIpc) is 2.76. The van der Waals surface area contributed by atoms with Crippen LogP contribution in [0.1, 0.15) is 44.7 Å². The SMILES string of the molecule is COc1ccc(CN2C(=O)[C@](Cc3ccccc3)(NC(=O)OC(C)(C)C)CC[C@@H]2C(=O)O)cc1. The van der Waals surface area contributed by atoms with Crippen molar-refractivity contribution >= 4 is 18.0 Å². The molecule has 3 rings (SSSR count). The molecule has 0 aromatic heterocycles. The predicted molar refractivity (Wildman–Crippen MR) is 126 cm³/mol. The molecule has 0 spiro atoms. The van der Waals surface area contributed by atoms with Crippen LogP contribution in [0.25, 0.3) is 0 Å². The first kappa shape index (κ1) is 25.1. The monoisotopic (exact) mass is 468 g/mol. The van der Waals surface area contributed by atoms with Crippen molar-refractivity contribution in [3.63, 3.8) is 0 Å². The standard InChI is InChI=1S/C26H32N2O6/c1-25(2,3)34-24(32)27-26(16-18-8-6-5-7-9-18)15-14-21(22(29)30)28(23(26)31)17-19-10-12-20(33-4)13-11-19/h5-13,21H,14-17H2,1-4H3,(H,27,32)(H,29,30)/t21-,26+/m1/s1. The van der Waals surface area contributed by atoms with Crippen LogP contribution in [0.3, 0.4) is 0 Å². The third-order valence-electron chi connectivity index (χ3n) is 5.78. The fourth-order valence-corrected chi connectivity index (χ4v) is 4.20. The highest BCUT2D eigenvalue weighted by Gasteiger charge is 2.50. The Morgan fingerprint density at radius 1 is 1.09 bits per heavy atom. The number of carboxylic acid groups (broad SMARTS) is 1. The van der Waals surface area contributed by atoms with Gasteiger partial charge in [-0.1, -0.05) is 42.5 Å². The number of amides is 2. The lowest BCUT2D eigenvalue weighted by Crippen LogP contribution is -2.67. The Hall–Kier alpha value is -3.55. The normalized spacial score (nSPS) is 20.5. The molecule has 1 aliphatic rings. The lowest BCUT2D eigenvalue weighted by molar-refractivity contribution is -0.158. The summed E-state index contributed by atoms with van der Waals surface area (Å²) < 4.78 is 10.6. The molecule has 1 fully saturated rings. The molecule has 34 heavy (non-hydrogen) atoms. The molecule has 1 saturated heterocycles. The van der Waals surface area contributed by atoms with Crippen LogP contribution in [-0.2, 0) is 27.3 Å². The Bertz CT molecular complexity index is 1020. The maximum Gasteiger partial charge on any atom is 0.408 e. The third-order valence-corrected chi connectivity index (χ3v) is 5.78. The average molecular weight is 469 g/mol. The molecule has 8 heteroatoms. The van der Waals surface area contributed by atoms with Crippen molar-refractivity contribution in [3.05, 3.63) is 65.7 Å². The number of nitrogens with zero attached hydrogens (tertiary/aromatic N) is 1. The predicted octanol–water partition coefficient (Wildman–Crippen LogP) is 3.78. The molecule has 8 nitrogen and oxygen atoms in total. The highest BCUT2D eigenvalue weighted by Crippen LogP contribution is 2.32. The van der Waals surface area contributed by atoms with E-state index in [0.717, 1.165) is 11.1 Å². The zero-order valence-corrected chi connectivity index (χ0v) is 20.0. The van der Waals surface area contributed by atoms with E-state index in [9.17, 15) is 19.5 Å². The number of hydrogen-bond acceptors (Lipinski definition) is 5. The summed E-state index contributed by atoms with van der Waals surface area (Å²) in [5, 5.41) is 12.7. The minimum atomic E-state index is -1.33. The minimum absolute atomic E-state index is 0.0896. The number of alkyl carbamates (subject to hydrolysis) is 1. The molecule has 0 aliphatic carbocycles. The van der Waals surface area contributed by atoms with Gasteiger partial charge in [0.15, 0.2) is 0 Å². The van der Waals surface area contributed by atoms with Gasteiger partial charge in [0.1, 0.15) is 22.9 Å². The van der Waals surface area contributed by atoms with E-state index in [1.165, 1.54) is 4.90 Å². The van der Waals surface area contributed by atoms with E-state index < -0.39 is 35.2 Å². The van der Waals surface area contributed by atoms with Crippen LogP contribution in [0.15, 0.2) is 54.6 Å². The third kappa shape index (κ3) is 6.07. The number of likely N-dealkylation sites (tertiary alicyclic amines) is 1. The maximum absolute atomic E-state index is 14.0. The van der Waals surface area contributed by atoms with Gasteiger partial charge in [-0.25, -0.2) is 9.59 Å². The summed E-state index contributed by atoms with van der Waals surface area (Å²) in [6.45, 7) is 5.33. The summed E-state index contributed by atoms with van der Waals surface area (Å²) in [4.78, 5) is 40.1. The van der Waals surface area contributed by atoms with E-state index in [0.29, 0.717) is 5.75 Å². The van der Waals surface area contributed by atoms with Gasteiger partial charge in [-0.05, 0) is 56.9 Å². The van der Waals surface area contributed by atoms with Crippen molar-refractivity contribution in [2.24, 2.45) is 0 Å². The topological polar surface area (TPSA) is 105 Å². The molecule has 2 amide bonds. The van der Waals surface area contributed by atoms with Crippen molar-refractivity contribution in [2.45, 2.75) is 63.8 Å². The van der Waals surface area contributed by atoms with Crippen LogP contribution in [-0.4, -0.2) is 52.3 Å². The molecule has 0 radical (unpaired) electrons. The molecule has 1 heterocycles. The first-order valence-electron chi connectivity index (χ1n) is 11.2. The molecule has 2 N–H and O–H groups in total. The Morgan fingerprint density at radius 2 is 1.74 bits per heavy atom. The van der Waals surface area contributed by atoms with Crippen molar-refractivity contribution in [3.8, 4) is 5.75 Å². The van der Waals surface area contributed by atoms with E-state index in [2.05, 4.69) is 5.32 Å². The van der Waals surface area contributed by atoms with Crippen LogP contribution in [0.4, 0.5) is 4.79 Å². The van der Waals surface area contributed by atoms with Crippen LogP contribution in [0.5, 0.6) is 5.75 Å². The number of piperidine rings is 1. The summed E-state index contributed by atoms with van der Waals surface area (Å²) in [5.74, 6) is -0.863. The van der Waals surface area contributed by atoms with Crippen LogP contribution < -0.4 is 10.1 Å². The number of benzene rings is 2. The first-order valence-corrected chi connectivity index (χ1v) is 11.2.